The van der Waals surface area contributed by atoms with Crippen LogP contribution in [0.25, 0.3) is 0 Å². The van der Waals surface area contributed by atoms with Gasteiger partial charge in [0.15, 0.2) is 0 Å². The Morgan fingerprint density at radius 1 is 1.00 bits per heavy atom. The van der Waals surface area contributed by atoms with Gasteiger partial charge >= 0.3 is 0 Å². The van der Waals surface area contributed by atoms with Gasteiger partial charge in [-0.3, -0.25) is 9.59 Å². The Morgan fingerprint density at radius 2 is 1.64 bits per heavy atom. The van der Waals surface area contributed by atoms with E-state index in [1.165, 1.54) is 5.56 Å². The van der Waals surface area contributed by atoms with E-state index in [1.54, 1.807) is 0 Å². The lowest BCUT2D eigenvalue weighted by molar-refractivity contribution is -0.123. The van der Waals surface area contributed by atoms with Crippen LogP contribution in [-0.2, 0) is 20.7 Å². The molecule has 0 saturated carbocycles. The van der Waals surface area contributed by atoms with Crippen LogP contribution in [0.3, 0.4) is 0 Å². The van der Waals surface area contributed by atoms with Crippen LogP contribution in [0.4, 0.5) is 0 Å². The monoisotopic (exact) mass is 349 g/mol. The van der Waals surface area contributed by atoms with Crippen LogP contribution in [0.5, 0.6) is 0 Å². The van der Waals surface area contributed by atoms with Gasteiger partial charge in [0, 0.05) is 24.4 Å². The maximum Gasteiger partial charge on any atom is 0.251 e. The molecule has 25 heavy (non-hydrogen) atoms. The summed E-state index contributed by atoms with van der Waals surface area (Å²) in [5, 5.41) is 2.83. The molecule has 1 aromatic rings. The highest BCUT2D eigenvalue weighted by molar-refractivity contribution is 5.94. The SMILES string of the molecule is CCCc1ccc(C(=O)NCCOCCOCCC(=O)C(C)C)cc1. The van der Waals surface area contributed by atoms with Crippen LogP contribution >= 0.6 is 0 Å². The summed E-state index contributed by atoms with van der Waals surface area (Å²) in [5.41, 5.74) is 1.91. The van der Waals surface area contributed by atoms with Gasteiger partial charge in [0.05, 0.1) is 26.4 Å². The highest BCUT2D eigenvalue weighted by Gasteiger charge is 2.06. The molecule has 0 aliphatic heterocycles. The fraction of sp³-hybridized carbons (Fsp3) is 0.600. The summed E-state index contributed by atoms with van der Waals surface area (Å²) in [6.07, 6.45) is 2.58. The number of ether oxygens (including phenoxy) is 2. The first-order chi connectivity index (χ1) is 12.0. The molecule has 0 heterocycles. The van der Waals surface area contributed by atoms with Crippen molar-refractivity contribution in [3.63, 3.8) is 0 Å². The second-order valence-corrected chi connectivity index (χ2v) is 6.30. The Morgan fingerprint density at radius 3 is 2.24 bits per heavy atom. The Labute approximate surface area is 151 Å². The standard InChI is InChI=1S/C20H31NO4/c1-4-5-17-6-8-18(9-7-17)20(23)21-11-13-25-15-14-24-12-10-19(22)16(2)3/h6-9,16H,4-5,10-15H2,1-3H3,(H,21,23). The third-order valence-electron chi connectivity index (χ3n) is 3.80. The maximum atomic E-state index is 12.0. The quantitative estimate of drug-likeness (QED) is 0.556. The molecule has 1 amide bonds. The van der Waals surface area contributed by atoms with Gasteiger partial charge in [-0.1, -0.05) is 39.3 Å². The van der Waals surface area contributed by atoms with Crippen LogP contribution in [-0.4, -0.2) is 44.7 Å². The van der Waals surface area contributed by atoms with Crippen molar-refractivity contribution in [2.24, 2.45) is 5.92 Å². The lowest BCUT2D eigenvalue weighted by atomic mass is 10.1. The summed E-state index contributed by atoms with van der Waals surface area (Å²) in [6, 6.07) is 7.70. The molecule has 0 radical (unpaired) electrons. The van der Waals surface area contributed by atoms with Gasteiger partial charge in [0.25, 0.3) is 5.91 Å². The van der Waals surface area contributed by atoms with E-state index in [4.69, 9.17) is 9.47 Å². The molecular weight excluding hydrogens is 318 g/mol. The van der Waals surface area contributed by atoms with Gasteiger partial charge in [-0.25, -0.2) is 0 Å². The smallest absolute Gasteiger partial charge is 0.251 e. The fourth-order valence-corrected chi connectivity index (χ4v) is 2.23. The number of carbonyl (C=O) groups excluding carboxylic acids is 2. The molecule has 0 aliphatic rings. The molecule has 0 aliphatic carbocycles. The number of hydrogen-bond acceptors (Lipinski definition) is 4. The van der Waals surface area contributed by atoms with Gasteiger partial charge in [0.1, 0.15) is 5.78 Å². The molecule has 0 saturated heterocycles. The first kappa shape index (κ1) is 21.3. The molecule has 0 bridgehead atoms. The number of carbonyl (C=O) groups is 2. The highest BCUT2D eigenvalue weighted by Crippen LogP contribution is 2.06. The van der Waals surface area contributed by atoms with E-state index in [0.29, 0.717) is 45.0 Å². The van der Waals surface area contributed by atoms with Crippen LogP contribution in [0.15, 0.2) is 24.3 Å². The Hall–Kier alpha value is -1.72. The minimum atomic E-state index is -0.0879. The molecule has 1 aromatic carbocycles. The highest BCUT2D eigenvalue weighted by atomic mass is 16.5. The van der Waals surface area contributed by atoms with Crippen molar-refractivity contribution in [2.45, 2.75) is 40.0 Å². The Balaban J connectivity index is 2.04. The summed E-state index contributed by atoms with van der Waals surface area (Å²) >= 11 is 0. The molecule has 140 valence electrons. The van der Waals surface area contributed by atoms with Crippen molar-refractivity contribution in [3.8, 4) is 0 Å². The Kier molecular flexibility index (Phi) is 10.8. The van der Waals surface area contributed by atoms with Crippen LogP contribution in [0.2, 0.25) is 0 Å². The Bertz CT molecular complexity index is 511. The number of hydrogen-bond donors (Lipinski definition) is 1. The lowest BCUT2D eigenvalue weighted by Gasteiger charge is -2.08. The molecule has 0 atom stereocenters. The zero-order valence-corrected chi connectivity index (χ0v) is 15.7. The molecule has 5 nitrogen and oxygen atoms in total. The molecule has 1 rings (SSSR count). The van der Waals surface area contributed by atoms with Crippen molar-refractivity contribution in [2.75, 3.05) is 33.0 Å². The fourth-order valence-electron chi connectivity index (χ4n) is 2.23. The minimum Gasteiger partial charge on any atom is -0.379 e. The number of amides is 1. The van der Waals surface area contributed by atoms with Gasteiger partial charge < -0.3 is 14.8 Å². The van der Waals surface area contributed by atoms with E-state index < -0.39 is 0 Å². The second-order valence-electron chi connectivity index (χ2n) is 6.30. The first-order valence-corrected chi connectivity index (χ1v) is 9.10. The second kappa shape index (κ2) is 12.6. The van der Waals surface area contributed by atoms with Crippen molar-refractivity contribution in [3.05, 3.63) is 35.4 Å². The van der Waals surface area contributed by atoms with Crippen molar-refractivity contribution in [1.82, 2.24) is 5.32 Å². The number of benzene rings is 1. The van der Waals surface area contributed by atoms with E-state index in [1.807, 2.05) is 38.1 Å². The predicted octanol–water partition coefficient (Wildman–Crippen LogP) is 3.02. The van der Waals surface area contributed by atoms with E-state index >= 15 is 0 Å². The third-order valence-corrected chi connectivity index (χ3v) is 3.80. The van der Waals surface area contributed by atoms with Gasteiger partial charge in [-0.2, -0.15) is 0 Å². The number of rotatable bonds is 13. The third kappa shape index (κ3) is 9.37. The largest absolute Gasteiger partial charge is 0.379 e. The number of nitrogens with one attached hydrogen (secondary N) is 1. The van der Waals surface area contributed by atoms with Crippen molar-refractivity contribution >= 4 is 11.7 Å². The number of ketones is 1. The minimum absolute atomic E-state index is 0.0614. The van der Waals surface area contributed by atoms with E-state index in [0.717, 1.165) is 12.8 Å². The topological polar surface area (TPSA) is 64.6 Å². The molecule has 0 unspecified atom stereocenters. The lowest BCUT2D eigenvalue weighted by Crippen LogP contribution is -2.27. The molecule has 5 heteroatoms. The summed E-state index contributed by atoms with van der Waals surface area (Å²) in [4.78, 5) is 23.4. The molecular formula is C20H31NO4. The van der Waals surface area contributed by atoms with E-state index in [2.05, 4.69) is 12.2 Å². The summed E-state index contributed by atoms with van der Waals surface area (Å²) in [7, 11) is 0. The maximum absolute atomic E-state index is 12.0. The van der Waals surface area contributed by atoms with Crippen LogP contribution in [0, 0.1) is 5.92 Å². The number of aryl methyl sites for hydroxylation is 1. The average molecular weight is 349 g/mol. The zero-order valence-electron chi connectivity index (χ0n) is 15.7. The van der Waals surface area contributed by atoms with Gasteiger partial charge in [0.2, 0.25) is 0 Å². The predicted molar refractivity (Wildman–Crippen MR) is 98.9 cm³/mol. The summed E-state index contributed by atoms with van der Waals surface area (Å²) < 4.78 is 10.8. The summed E-state index contributed by atoms with van der Waals surface area (Å²) in [5.74, 6) is 0.188. The number of Topliss-reactive ketones (excluding diaryl/α,β-unsaturated/α-hetero) is 1. The van der Waals surface area contributed by atoms with Crippen molar-refractivity contribution in [1.29, 1.82) is 0 Å². The normalized spacial score (nSPS) is 10.9. The first-order valence-electron chi connectivity index (χ1n) is 9.10. The molecule has 0 fully saturated rings. The van der Waals surface area contributed by atoms with Crippen LogP contribution in [0.1, 0.15) is 49.5 Å². The summed E-state index contributed by atoms with van der Waals surface area (Å²) in [6.45, 7) is 8.16. The molecule has 0 aromatic heterocycles. The molecule has 1 N–H and O–H groups in total. The van der Waals surface area contributed by atoms with Crippen LogP contribution < -0.4 is 5.32 Å². The molecule has 0 spiro atoms. The van der Waals surface area contributed by atoms with Gasteiger partial charge in [-0.15, -0.1) is 0 Å². The average Bonchev–Trinajstić information content (AvgIpc) is 2.60. The zero-order chi connectivity index (χ0) is 18.5. The van der Waals surface area contributed by atoms with Gasteiger partial charge in [-0.05, 0) is 24.1 Å². The van der Waals surface area contributed by atoms with E-state index in [9.17, 15) is 9.59 Å². The van der Waals surface area contributed by atoms with Crippen molar-refractivity contribution < 1.29 is 19.1 Å². The van der Waals surface area contributed by atoms with E-state index in [-0.39, 0.29) is 17.6 Å².